The number of ether oxygens (including phenoxy) is 2. The normalized spacial score (nSPS) is 13.6. The third kappa shape index (κ3) is 3.53. The van der Waals surface area contributed by atoms with E-state index < -0.39 is 10.0 Å². The zero-order valence-electron chi connectivity index (χ0n) is 13.9. The molecule has 1 N–H and O–H groups in total. The van der Waals surface area contributed by atoms with Crippen molar-refractivity contribution in [3.63, 3.8) is 0 Å². The van der Waals surface area contributed by atoms with Crippen molar-refractivity contribution in [3.05, 3.63) is 42.5 Å². The Labute approximate surface area is 146 Å². The Morgan fingerprint density at radius 1 is 1.20 bits per heavy atom. The Bertz CT molecular complexity index is 894. The van der Waals surface area contributed by atoms with E-state index in [1.54, 1.807) is 35.2 Å². The maximum atomic E-state index is 12.5. The van der Waals surface area contributed by atoms with Gasteiger partial charge in [-0.2, -0.15) is 0 Å². The molecule has 1 amide bonds. The van der Waals surface area contributed by atoms with Gasteiger partial charge in [0.1, 0.15) is 18.1 Å². The largest absolute Gasteiger partial charge is 0.497 e. The number of benzene rings is 2. The third-order valence-electron chi connectivity index (χ3n) is 3.83. The fraction of sp³-hybridized carbons (Fsp3) is 0.235. The lowest BCUT2D eigenvalue weighted by atomic mass is 10.2. The highest BCUT2D eigenvalue weighted by atomic mass is 32.2. The van der Waals surface area contributed by atoms with Crippen molar-refractivity contribution in [1.82, 2.24) is 0 Å². The molecule has 8 heteroatoms. The van der Waals surface area contributed by atoms with Crippen molar-refractivity contribution < 1.29 is 22.7 Å². The van der Waals surface area contributed by atoms with Gasteiger partial charge in [0.05, 0.1) is 29.9 Å². The van der Waals surface area contributed by atoms with Crippen LogP contribution in [0.25, 0.3) is 0 Å². The number of nitrogens with zero attached hydrogens (tertiary/aromatic N) is 1. The summed E-state index contributed by atoms with van der Waals surface area (Å²) in [5.41, 5.74) is 0.992. The van der Waals surface area contributed by atoms with Crippen LogP contribution in [-0.2, 0) is 14.8 Å². The number of carbonyl (C=O) groups excluding carboxylic acids is 1. The van der Waals surface area contributed by atoms with Gasteiger partial charge in [0.15, 0.2) is 0 Å². The average molecular weight is 362 g/mol. The van der Waals surface area contributed by atoms with E-state index in [-0.39, 0.29) is 10.8 Å². The lowest BCUT2D eigenvalue weighted by Gasteiger charge is -2.29. The summed E-state index contributed by atoms with van der Waals surface area (Å²) in [7, 11) is -2.22. The number of fused-ring (bicyclic) bond motifs is 1. The van der Waals surface area contributed by atoms with Gasteiger partial charge < -0.3 is 14.4 Å². The zero-order valence-corrected chi connectivity index (χ0v) is 14.7. The smallest absolute Gasteiger partial charge is 0.261 e. The second-order valence-corrected chi connectivity index (χ2v) is 7.17. The molecular weight excluding hydrogens is 344 g/mol. The number of hydrogen-bond donors (Lipinski definition) is 1. The highest BCUT2D eigenvalue weighted by molar-refractivity contribution is 7.92. The van der Waals surface area contributed by atoms with E-state index in [4.69, 9.17) is 9.47 Å². The van der Waals surface area contributed by atoms with E-state index in [0.29, 0.717) is 36.0 Å². The summed E-state index contributed by atoms with van der Waals surface area (Å²) in [5.74, 6) is 0.956. The number of methoxy groups -OCH3 is 1. The lowest BCUT2D eigenvalue weighted by molar-refractivity contribution is -0.116. The van der Waals surface area contributed by atoms with Gasteiger partial charge in [-0.15, -0.1) is 0 Å². The molecule has 0 bridgehead atoms. The van der Waals surface area contributed by atoms with Crippen molar-refractivity contribution in [3.8, 4) is 11.5 Å². The molecule has 0 atom stereocenters. The van der Waals surface area contributed by atoms with E-state index in [9.17, 15) is 13.2 Å². The van der Waals surface area contributed by atoms with E-state index in [1.165, 1.54) is 26.2 Å². The monoisotopic (exact) mass is 362 g/mol. The Hall–Kier alpha value is -2.74. The van der Waals surface area contributed by atoms with Crippen molar-refractivity contribution in [1.29, 1.82) is 0 Å². The van der Waals surface area contributed by atoms with Gasteiger partial charge in [-0.3, -0.25) is 9.52 Å². The Kier molecular flexibility index (Phi) is 4.54. The topological polar surface area (TPSA) is 84.9 Å². The summed E-state index contributed by atoms with van der Waals surface area (Å²) in [5, 5.41) is 0. The van der Waals surface area contributed by atoms with Crippen LogP contribution in [0.15, 0.2) is 47.4 Å². The second kappa shape index (κ2) is 6.64. The molecule has 0 radical (unpaired) electrons. The molecule has 7 nitrogen and oxygen atoms in total. The maximum Gasteiger partial charge on any atom is 0.261 e. The van der Waals surface area contributed by atoms with E-state index in [1.807, 2.05) is 0 Å². The number of nitrogens with one attached hydrogen (secondary N) is 1. The first-order valence-corrected chi connectivity index (χ1v) is 9.11. The van der Waals surface area contributed by atoms with E-state index >= 15 is 0 Å². The molecule has 0 aromatic heterocycles. The van der Waals surface area contributed by atoms with Crippen molar-refractivity contribution in [2.24, 2.45) is 0 Å². The number of carbonyl (C=O) groups is 1. The molecule has 25 heavy (non-hydrogen) atoms. The van der Waals surface area contributed by atoms with Crippen LogP contribution in [0.5, 0.6) is 11.5 Å². The molecule has 0 aliphatic carbocycles. The number of anilines is 2. The van der Waals surface area contributed by atoms with Gasteiger partial charge in [-0.1, -0.05) is 0 Å². The maximum absolute atomic E-state index is 12.5. The van der Waals surface area contributed by atoms with Crippen LogP contribution in [0.4, 0.5) is 11.4 Å². The predicted octanol–water partition coefficient (Wildman–Crippen LogP) is 2.24. The van der Waals surface area contributed by atoms with Crippen LogP contribution in [0, 0.1) is 0 Å². The molecule has 3 rings (SSSR count). The predicted molar refractivity (Wildman–Crippen MR) is 93.8 cm³/mol. The number of sulfonamides is 1. The molecule has 0 saturated carbocycles. The van der Waals surface area contributed by atoms with Crippen LogP contribution >= 0.6 is 0 Å². The highest BCUT2D eigenvalue weighted by Gasteiger charge is 2.22. The van der Waals surface area contributed by atoms with Gasteiger partial charge in [-0.05, 0) is 36.4 Å². The van der Waals surface area contributed by atoms with E-state index in [0.717, 1.165) is 0 Å². The number of amides is 1. The highest BCUT2D eigenvalue weighted by Crippen LogP contribution is 2.34. The van der Waals surface area contributed by atoms with Gasteiger partial charge in [0.25, 0.3) is 10.0 Å². The molecular formula is C17H18N2O5S. The third-order valence-corrected chi connectivity index (χ3v) is 5.22. The van der Waals surface area contributed by atoms with Crippen LogP contribution in [-0.4, -0.2) is 34.6 Å². The summed E-state index contributed by atoms with van der Waals surface area (Å²) in [6, 6.07) is 10.9. The van der Waals surface area contributed by atoms with Crippen molar-refractivity contribution >= 4 is 27.3 Å². The molecule has 2 aromatic rings. The first kappa shape index (κ1) is 17.1. The van der Waals surface area contributed by atoms with Gasteiger partial charge in [-0.25, -0.2) is 8.42 Å². The van der Waals surface area contributed by atoms with Gasteiger partial charge >= 0.3 is 0 Å². The van der Waals surface area contributed by atoms with Crippen molar-refractivity contribution in [2.75, 3.05) is 29.9 Å². The molecule has 0 fully saturated rings. The molecule has 2 aromatic carbocycles. The molecule has 1 aliphatic rings. The minimum atomic E-state index is -3.74. The summed E-state index contributed by atoms with van der Waals surface area (Å²) < 4.78 is 38.1. The summed E-state index contributed by atoms with van der Waals surface area (Å²) in [6.45, 7) is 2.32. The quantitative estimate of drug-likeness (QED) is 0.902. The van der Waals surface area contributed by atoms with Gasteiger partial charge in [0, 0.05) is 13.0 Å². The van der Waals surface area contributed by atoms with Crippen LogP contribution < -0.4 is 19.1 Å². The van der Waals surface area contributed by atoms with Crippen LogP contribution in [0.1, 0.15) is 6.92 Å². The second-order valence-electron chi connectivity index (χ2n) is 5.48. The number of rotatable bonds is 4. The fourth-order valence-corrected chi connectivity index (χ4v) is 3.63. The first-order chi connectivity index (χ1) is 11.9. The molecule has 132 valence electrons. The molecule has 0 unspecified atom stereocenters. The van der Waals surface area contributed by atoms with Crippen LogP contribution in [0.3, 0.4) is 0 Å². The lowest BCUT2D eigenvalue weighted by Crippen LogP contribution is -2.36. The SMILES string of the molecule is COc1ccc(S(=O)(=O)Nc2ccc3c(c2)OCCN3C(C)=O)cc1. The Morgan fingerprint density at radius 3 is 2.56 bits per heavy atom. The average Bonchev–Trinajstić information content (AvgIpc) is 2.60. The minimum Gasteiger partial charge on any atom is -0.497 e. The fourth-order valence-electron chi connectivity index (χ4n) is 2.58. The summed E-state index contributed by atoms with van der Waals surface area (Å²) >= 11 is 0. The van der Waals surface area contributed by atoms with Crippen LogP contribution in [0.2, 0.25) is 0 Å². The van der Waals surface area contributed by atoms with Gasteiger partial charge in [0.2, 0.25) is 5.91 Å². The molecule has 0 saturated heterocycles. The number of hydrogen-bond acceptors (Lipinski definition) is 5. The summed E-state index contributed by atoms with van der Waals surface area (Å²) in [4.78, 5) is 13.4. The Balaban J connectivity index is 1.86. The molecule has 0 spiro atoms. The standard InChI is InChI=1S/C17H18N2O5S/c1-12(20)19-9-10-24-17-11-13(3-8-16(17)19)18-25(21,22)15-6-4-14(23-2)5-7-15/h3-8,11,18H,9-10H2,1-2H3. The molecule has 1 heterocycles. The minimum absolute atomic E-state index is 0.0869. The molecule has 1 aliphatic heterocycles. The van der Waals surface area contributed by atoms with E-state index in [2.05, 4.69) is 4.72 Å². The zero-order chi connectivity index (χ0) is 18.0. The first-order valence-electron chi connectivity index (χ1n) is 7.62. The Morgan fingerprint density at radius 2 is 1.92 bits per heavy atom. The summed E-state index contributed by atoms with van der Waals surface area (Å²) in [6.07, 6.45) is 0. The van der Waals surface area contributed by atoms with Crippen molar-refractivity contribution in [2.45, 2.75) is 11.8 Å².